The number of hydrogen-bond acceptors (Lipinski definition) is 2. The van der Waals surface area contributed by atoms with Gasteiger partial charge < -0.3 is 4.52 Å². The van der Waals surface area contributed by atoms with Gasteiger partial charge in [-0.2, -0.15) is 0 Å². The summed E-state index contributed by atoms with van der Waals surface area (Å²) in [5, 5.41) is 0. The molecule has 5 heteroatoms. The number of unbranched alkanes of at least 4 members (excludes halogenated alkanes) is 3. The highest BCUT2D eigenvalue weighted by molar-refractivity contribution is 7.46. The Labute approximate surface area is 121 Å². The molecule has 0 aliphatic heterocycles. The molecule has 0 heterocycles. The van der Waals surface area contributed by atoms with Crippen molar-refractivity contribution in [3.05, 3.63) is 48.8 Å². The summed E-state index contributed by atoms with van der Waals surface area (Å²) in [7, 11) is -4.38. The van der Waals surface area contributed by atoms with Gasteiger partial charge in [-0.15, -0.1) is 0 Å². The average Bonchev–Trinajstić information content (AvgIpc) is 2.38. The second kappa shape index (κ2) is 12.9. The molecule has 0 fully saturated rings. The molecule has 4 nitrogen and oxygen atoms in total. The molecule has 0 aromatic carbocycles. The summed E-state index contributed by atoms with van der Waals surface area (Å²) in [4.78, 5) is 16.8. The maximum atomic E-state index is 10.3. The van der Waals surface area contributed by atoms with Crippen LogP contribution < -0.4 is 0 Å². The van der Waals surface area contributed by atoms with E-state index in [0.29, 0.717) is 6.42 Å². The van der Waals surface area contributed by atoms with Crippen molar-refractivity contribution < 1.29 is 18.9 Å². The average molecular weight is 300 g/mol. The van der Waals surface area contributed by atoms with E-state index in [1.54, 1.807) is 6.08 Å². The zero-order valence-electron chi connectivity index (χ0n) is 12.0. The molecule has 0 aromatic heterocycles. The Morgan fingerprint density at radius 3 is 2.30 bits per heavy atom. The van der Waals surface area contributed by atoms with Gasteiger partial charge >= 0.3 is 7.82 Å². The molecule has 0 bridgehead atoms. The van der Waals surface area contributed by atoms with Crippen LogP contribution in [0.15, 0.2) is 48.8 Å². The summed E-state index contributed by atoms with van der Waals surface area (Å²) >= 11 is 0. The van der Waals surface area contributed by atoms with E-state index in [9.17, 15) is 4.57 Å². The van der Waals surface area contributed by atoms with Gasteiger partial charge in [-0.05, 0) is 31.8 Å². The SMILES string of the molecule is CCCCC=CCCC=CC=CCC=COP(=O)(O)O. The maximum Gasteiger partial charge on any atom is 0.524 e. The lowest BCUT2D eigenvalue weighted by molar-refractivity contribution is 0.258. The normalized spacial score (nSPS) is 13.3. The first kappa shape index (κ1) is 18.9. The molecule has 0 radical (unpaired) electrons. The third-order valence-electron chi connectivity index (χ3n) is 2.34. The lowest BCUT2D eigenvalue weighted by Gasteiger charge is -1.98. The number of hydrogen-bond donors (Lipinski definition) is 2. The minimum absolute atomic E-state index is 0.571. The number of allylic oxidation sites excluding steroid dienone is 7. The number of rotatable bonds is 11. The Hall–Kier alpha value is -1.09. The highest BCUT2D eigenvalue weighted by Gasteiger charge is 2.10. The lowest BCUT2D eigenvalue weighted by atomic mass is 10.2. The van der Waals surface area contributed by atoms with Gasteiger partial charge in [0.05, 0.1) is 6.26 Å². The first-order valence-corrected chi connectivity index (χ1v) is 8.45. The summed E-state index contributed by atoms with van der Waals surface area (Å²) in [6, 6.07) is 0. The molecule has 114 valence electrons. The van der Waals surface area contributed by atoms with Crippen LogP contribution in [-0.2, 0) is 9.09 Å². The molecule has 0 spiro atoms. The van der Waals surface area contributed by atoms with Crippen LogP contribution in [-0.4, -0.2) is 9.79 Å². The highest BCUT2D eigenvalue weighted by atomic mass is 31.2. The smallest absolute Gasteiger partial charge is 0.413 e. The minimum atomic E-state index is -4.38. The summed E-state index contributed by atoms with van der Waals surface area (Å²) in [6.07, 6.45) is 21.2. The van der Waals surface area contributed by atoms with Crippen molar-refractivity contribution in [2.75, 3.05) is 0 Å². The second-order valence-corrected chi connectivity index (χ2v) is 5.44. The van der Waals surface area contributed by atoms with Gasteiger partial charge in [-0.1, -0.05) is 56.2 Å². The lowest BCUT2D eigenvalue weighted by Crippen LogP contribution is -1.77. The van der Waals surface area contributed by atoms with Crippen LogP contribution in [0.1, 0.15) is 45.4 Å². The van der Waals surface area contributed by atoms with Gasteiger partial charge in [0, 0.05) is 0 Å². The zero-order valence-corrected chi connectivity index (χ0v) is 12.9. The molecule has 0 saturated carbocycles. The van der Waals surface area contributed by atoms with E-state index in [1.165, 1.54) is 19.3 Å². The fraction of sp³-hybridized carbons (Fsp3) is 0.467. The Morgan fingerprint density at radius 2 is 1.60 bits per heavy atom. The van der Waals surface area contributed by atoms with E-state index < -0.39 is 7.82 Å². The largest absolute Gasteiger partial charge is 0.524 e. The molecule has 0 aliphatic carbocycles. The molecule has 0 aliphatic rings. The van der Waals surface area contributed by atoms with Gasteiger partial charge in [0.25, 0.3) is 0 Å². The van der Waals surface area contributed by atoms with E-state index in [0.717, 1.165) is 19.1 Å². The van der Waals surface area contributed by atoms with E-state index in [1.807, 2.05) is 18.2 Å². The van der Waals surface area contributed by atoms with Gasteiger partial charge in [-0.25, -0.2) is 4.57 Å². The van der Waals surface area contributed by atoms with Gasteiger partial charge in [0.2, 0.25) is 0 Å². The van der Waals surface area contributed by atoms with Crippen LogP contribution in [0.25, 0.3) is 0 Å². The molecule has 0 aromatic rings. The number of phosphoric acid groups is 1. The van der Waals surface area contributed by atoms with Crippen molar-refractivity contribution in [3.63, 3.8) is 0 Å². The molecular weight excluding hydrogens is 275 g/mol. The molecule has 0 unspecified atom stereocenters. The molecule has 2 N–H and O–H groups in total. The fourth-order valence-electron chi connectivity index (χ4n) is 1.34. The van der Waals surface area contributed by atoms with Crippen molar-refractivity contribution in [2.45, 2.75) is 45.4 Å². The molecule has 0 rings (SSSR count). The molecule has 0 saturated heterocycles. The number of phosphoric ester groups is 1. The Morgan fingerprint density at radius 1 is 0.950 bits per heavy atom. The van der Waals surface area contributed by atoms with Crippen LogP contribution in [0.3, 0.4) is 0 Å². The van der Waals surface area contributed by atoms with E-state index in [-0.39, 0.29) is 0 Å². The molecular formula is C15H25O4P. The Kier molecular flexibility index (Phi) is 12.2. The Bertz CT molecular complexity index is 377. The summed E-state index contributed by atoms with van der Waals surface area (Å²) in [5.74, 6) is 0. The fourth-order valence-corrected chi connectivity index (χ4v) is 1.58. The first-order valence-electron chi connectivity index (χ1n) is 6.92. The van der Waals surface area contributed by atoms with E-state index in [4.69, 9.17) is 9.79 Å². The van der Waals surface area contributed by atoms with Gasteiger partial charge in [0.15, 0.2) is 0 Å². The summed E-state index contributed by atoms with van der Waals surface area (Å²) < 4.78 is 14.5. The second-order valence-electron chi connectivity index (χ2n) is 4.25. The maximum absolute atomic E-state index is 10.3. The van der Waals surface area contributed by atoms with Crippen LogP contribution in [0, 0.1) is 0 Å². The predicted octanol–water partition coefficient (Wildman–Crippen LogP) is 4.64. The topological polar surface area (TPSA) is 66.8 Å². The zero-order chi connectivity index (χ0) is 15.1. The van der Waals surface area contributed by atoms with Gasteiger partial charge in [0.1, 0.15) is 0 Å². The third kappa shape index (κ3) is 16.9. The van der Waals surface area contributed by atoms with Crippen molar-refractivity contribution in [3.8, 4) is 0 Å². The van der Waals surface area contributed by atoms with Crippen molar-refractivity contribution in [1.82, 2.24) is 0 Å². The van der Waals surface area contributed by atoms with Crippen LogP contribution in [0.2, 0.25) is 0 Å². The molecule has 0 atom stereocenters. The molecule has 0 amide bonds. The third-order valence-corrected chi connectivity index (χ3v) is 2.74. The van der Waals surface area contributed by atoms with Crippen LogP contribution in [0.4, 0.5) is 0 Å². The highest BCUT2D eigenvalue weighted by Crippen LogP contribution is 2.35. The van der Waals surface area contributed by atoms with Crippen LogP contribution >= 0.6 is 7.82 Å². The summed E-state index contributed by atoms with van der Waals surface area (Å²) in [5.41, 5.74) is 0. The van der Waals surface area contributed by atoms with Crippen LogP contribution in [0.5, 0.6) is 0 Å². The quantitative estimate of drug-likeness (QED) is 0.192. The Balaban J connectivity index is 3.53. The monoisotopic (exact) mass is 300 g/mol. The minimum Gasteiger partial charge on any atom is -0.413 e. The van der Waals surface area contributed by atoms with Gasteiger partial charge in [-0.3, -0.25) is 9.79 Å². The predicted molar refractivity (Wildman–Crippen MR) is 83.1 cm³/mol. The van der Waals surface area contributed by atoms with Crippen molar-refractivity contribution in [1.29, 1.82) is 0 Å². The van der Waals surface area contributed by atoms with E-state index in [2.05, 4.69) is 29.7 Å². The van der Waals surface area contributed by atoms with Crippen molar-refractivity contribution >= 4 is 7.82 Å². The molecule has 20 heavy (non-hydrogen) atoms. The first-order chi connectivity index (χ1) is 9.56. The van der Waals surface area contributed by atoms with Crippen molar-refractivity contribution in [2.24, 2.45) is 0 Å². The van der Waals surface area contributed by atoms with E-state index >= 15 is 0 Å². The summed E-state index contributed by atoms with van der Waals surface area (Å²) in [6.45, 7) is 2.19. The standard InChI is InChI=1S/C15H25O4P/c1-2-3-4-5-6-7-8-9-10-11-12-13-14-15-19-20(16,17)18/h5-6,9-12,14-15H,2-4,7-8,13H2,1H3,(H2,16,17,18).